The van der Waals surface area contributed by atoms with E-state index < -0.39 is 17.6 Å². The lowest BCUT2D eigenvalue weighted by molar-refractivity contribution is -0.142. The second-order valence-electron chi connectivity index (χ2n) is 12.3. The zero-order valence-electron chi connectivity index (χ0n) is 28.8. The van der Waals surface area contributed by atoms with Crippen LogP contribution in [0.2, 0.25) is 0 Å². The summed E-state index contributed by atoms with van der Waals surface area (Å²) in [5.41, 5.74) is 3.41. The first-order valence-corrected chi connectivity index (χ1v) is 19.0. The Labute approximate surface area is 305 Å². The second-order valence-corrected chi connectivity index (χ2v) is 14.5. The quantitative estimate of drug-likeness (QED) is 0.0884. The second kappa shape index (κ2) is 18.4. The van der Waals surface area contributed by atoms with Crippen molar-refractivity contribution in [2.24, 2.45) is 11.8 Å². The number of hydrogen-bond acceptors (Lipinski definition) is 9. The van der Waals surface area contributed by atoms with Gasteiger partial charge in [-0.1, -0.05) is 38.1 Å². The number of pyridine rings is 2. The summed E-state index contributed by atoms with van der Waals surface area (Å²) in [6, 6.07) is 17.2. The molecule has 8 nitrogen and oxygen atoms in total. The van der Waals surface area contributed by atoms with Crippen LogP contribution in [0.5, 0.6) is 11.5 Å². The highest BCUT2D eigenvalue weighted by Gasteiger charge is 2.45. The van der Waals surface area contributed by atoms with Gasteiger partial charge in [0.2, 0.25) is 0 Å². The number of aromatic nitrogens is 2. The number of ether oxygens (including phenoxy) is 3. The SMILES string of the molecule is CCCSc1ncccc1COc1ccc(C2CC2C(=O)O)cc1F.CCCSc1ncccc1COc1ccc(C2CC2C(=O)OC)cc1F. The Morgan fingerprint density at radius 1 is 0.765 bits per heavy atom. The van der Waals surface area contributed by atoms with Gasteiger partial charge in [-0.15, -0.1) is 23.5 Å². The lowest BCUT2D eigenvalue weighted by Crippen LogP contribution is -2.04. The third kappa shape index (κ3) is 10.4. The minimum Gasteiger partial charge on any atom is -0.486 e. The van der Waals surface area contributed by atoms with Crippen molar-refractivity contribution in [3.63, 3.8) is 0 Å². The molecule has 1 N–H and O–H groups in total. The zero-order chi connectivity index (χ0) is 36.3. The summed E-state index contributed by atoms with van der Waals surface area (Å²) in [7, 11) is 1.38. The zero-order valence-corrected chi connectivity index (χ0v) is 30.5. The first kappa shape index (κ1) is 38.1. The van der Waals surface area contributed by atoms with Crippen molar-refractivity contribution in [1.29, 1.82) is 0 Å². The number of nitrogens with zero attached hydrogens (tertiary/aromatic N) is 2. The minimum atomic E-state index is -0.820. The van der Waals surface area contributed by atoms with Crippen molar-refractivity contribution >= 4 is 35.5 Å². The van der Waals surface area contributed by atoms with Crippen LogP contribution >= 0.6 is 23.5 Å². The Kier molecular flexibility index (Phi) is 13.7. The van der Waals surface area contributed by atoms with Crippen molar-refractivity contribution in [3.8, 4) is 11.5 Å². The van der Waals surface area contributed by atoms with E-state index in [0.29, 0.717) is 12.8 Å². The number of carboxylic acids is 1. The molecule has 6 rings (SSSR count). The number of thioether (sulfide) groups is 2. The summed E-state index contributed by atoms with van der Waals surface area (Å²) in [5.74, 6) is -0.175. The highest BCUT2D eigenvalue weighted by Crippen LogP contribution is 2.49. The maximum atomic E-state index is 14.4. The van der Waals surface area contributed by atoms with Gasteiger partial charge in [-0.05, 0) is 96.5 Å². The number of aliphatic carboxylic acids is 1. The fourth-order valence-electron chi connectivity index (χ4n) is 5.58. The van der Waals surface area contributed by atoms with Crippen LogP contribution in [0, 0.1) is 23.5 Å². The molecule has 0 radical (unpaired) electrons. The average Bonchev–Trinajstić information content (AvgIpc) is 4.08. The third-order valence-electron chi connectivity index (χ3n) is 8.52. The van der Waals surface area contributed by atoms with Gasteiger partial charge in [-0.2, -0.15) is 0 Å². The van der Waals surface area contributed by atoms with Crippen molar-refractivity contribution in [1.82, 2.24) is 9.97 Å². The molecule has 2 saturated carbocycles. The molecule has 12 heteroatoms. The smallest absolute Gasteiger partial charge is 0.309 e. The maximum Gasteiger partial charge on any atom is 0.309 e. The van der Waals surface area contributed by atoms with Crippen LogP contribution in [-0.2, 0) is 27.5 Å². The molecule has 2 aromatic heterocycles. The number of halogens is 2. The molecule has 2 fully saturated rings. The molecular weight excluding hydrogens is 695 g/mol. The van der Waals surface area contributed by atoms with Crippen molar-refractivity contribution in [2.45, 2.75) is 74.6 Å². The average molecular weight is 737 g/mol. The van der Waals surface area contributed by atoms with E-state index in [1.165, 1.54) is 19.2 Å². The molecule has 4 aromatic rings. The van der Waals surface area contributed by atoms with E-state index in [4.69, 9.17) is 19.3 Å². The number of carboxylic acid groups (broad SMARTS) is 1. The van der Waals surface area contributed by atoms with Crippen molar-refractivity contribution < 1.29 is 37.7 Å². The molecule has 0 aliphatic heterocycles. The Morgan fingerprint density at radius 3 is 1.65 bits per heavy atom. The van der Waals surface area contributed by atoms with Crippen LogP contribution in [0.15, 0.2) is 83.1 Å². The molecule has 2 aromatic carbocycles. The normalized spacial score (nSPS) is 18.6. The van der Waals surface area contributed by atoms with Crippen LogP contribution in [0.4, 0.5) is 8.78 Å². The van der Waals surface area contributed by atoms with Gasteiger partial charge in [0.15, 0.2) is 23.1 Å². The van der Waals surface area contributed by atoms with Crippen molar-refractivity contribution in [2.75, 3.05) is 18.6 Å². The van der Waals surface area contributed by atoms with Gasteiger partial charge in [-0.25, -0.2) is 18.7 Å². The van der Waals surface area contributed by atoms with Crippen LogP contribution in [0.1, 0.15) is 73.6 Å². The largest absolute Gasteiger partial charge is 0.486 e. The lowest BCUT2D eigenvalue weighted by atomic mass is 10.1. The standard InChI is InChI=1S/C20H22FNO3S.C19H20FNO3S/c1-3-9-26-19-14(5-4-8-22-19)12-25-18-7-6-13(10-17(18)21)15-11-16(15)20(23)24-2;1-2-8-25-18-13(4-3-7-21-18)11-24-17-6-5-12(9-16(17)20)14-10-15(14)19(22)23/h4-8,10,15-16H,3,9,11-12H2,1-2H3;3-7,9,14-15H,2,8,10-11H2,1H3,(H,22,23). The molecule has 0 bridgehead atoms. The highest BCUT2D eigenvalue weighted by atomic mass is 32.2. The molecule has 0 spiro atoms. The molecular formula is C39H42F2N2O6S2. The molecule has 270 valence electrons. The number of rotatable bonds is 16. The summed E-state index contributed by atoms with van der Waals surface area (Å²) in [6.07, 6.45) is 6.89. The summed E-state index contributed by atoms with van der Waals surface area (Å²) >= 11 is 3.34. The van der Waals surface area contributed by atoms with Crippen LogP contribution < -0.4 is 9.47 Å². The summed E-state index contributed by atoms with van der Waals surface area (Å²) in [6.45, 7) is 4.74. The summed E-state index contributed by atoms with van der Waals surface area (Å²) in [5, 5.41) is 10.8. The first-order valence-electron chi connectivity index (χ1n) is 17.0. The van der Waals surface area contributed by atoms with Crippen LogP contribution in [-0.4, -0.2) is 45.6 Å². The molecule has 0 amide bonds. The topological polar surface area (TPSA) is 108 Å². The Balaban J connectivity index is 0.000000198. The van der Waals surface area contributed by atoms with Gasteiger partial charge in [0.05, 0.1) is 18.9 Å². The fourth-order valence-corrected chi connectivity index (χ4v) is 7.27. The van der Waals surface area contributed by atoms with Gasteiger partial charge in [0.1, 0.15) is 23.3 Å². The predicted octanol–water partition coefficient (Wildman–Crippen LogP) is 9.07. The van der Waals surface area contributed by atoms with Gasteiger partial charge in [0.25, 0.3) is 0 Å². The number of carbonyl (C=O) groups excluding carboxylic acids is 1. The van der Waals surface area contributed by atoms with Crippen LogP contribution in [0.25, 0.3) is 0 Å². The van der Waals surface area contributed by atoms with E-state index in [0.717, 1.165) is 56.7 Å². The fraction of sp³-hybridized carbons (Fsp3) is 0.385. The third-order valence-corrected chi connectivity index (χ3v) is 11.0. The lowest BCUT2D eigenvalue weighted by Gasteiger charge is -2.11. The molecule has 2 aliphatic carbocycles. The number of methoxy groups -OCH3 is 1. The highest BCUT2D eigenvalue weighted by molar-refractivity contribution is 7.99. The number of carbonyl (C=O) groups is 2. The summed E-state index contributed by atoms with van der Waals surface area (Å²) < 4.78 is 44.7. The van der Waals surface area contributed by atoms with Gasteiger partial charge >= 0.3 is 11.9 Å². The maximum absolute atomic E-state index is 14.4. The van der Waals surface area contributed by atoms with Crippen LogP contribution in [0.3, 0.4) is 0 Å². The molecule has 51 heavy (non-hydrogen) atoms. The van der Waals surface area contributed by atoms with E-state index in [9.17, 15) is 18.4 Å². The van der Waals surface area contributed by atoms with Gasteiger partial charge < -0.3 is 19.3 Å². The summed E-state index contributed by atoms with van der Waals surface area (Å²) in [4.78, 5) is 31.2. The Morgan fingerprint density at radius 2 is 1.24 bits per heavy atom. The molecule has 2 heterocycles. The Hall–Kier alpha value is -4.16. The number of hydrogen-bond donors (Lipinski definition) is 1. The van der Waals surface area contributed by atoms with E-state index in [-0.39, 0.29) is 54.4 Å². The van der Waals surface area contributed by atoms with E-state index in [1.807, 2.05) is 30.3 Å². The Bertz CT molecular complexity index is 1810. The monoisotopic (exact) mass is 736 g/mol. The predicted molar refractivity (Wildman–Crippen MR) is 193 cm³/mol. The first-order chi connectivity index (χ1) is 24.7. The number of esters is 1. The molecule has 2 aliphatic rings. The minimum absolute atomic E-state index is 0.0429. The molecule has 4 atom stereocenters. The molecule has 0 saturated heterocycles. The van der Waals surface area contributed by atoms with Crippen molar-refractivity contribution in [3.05, 3.63) is 107 Å². The van der Waals surface area contributed by atoms with Gasteiger partial charge in [0, 0.05) is 23.5 Å². The van der Waals surface area contributed by atoms with E-state index in [1.54, 1.807) is 54.1 Å². The van der Waals surface area contributed by atoms with E-state index in [2.05, 4.69) is 23.8 Å². The molecule has 4 unspecified atom stereocenters. The van der Waals surface area contributed by atoms with E-state index >= 15 is 0 Å². The van der Waals surface area contributed by atoms with Gasteiger partial charge in [-0.3, -0.25) is 9.59 Å². The number of benzene rings is 2.